The van der Waals surface area contributed by atoms with Crippen LogP contribution in [0.15, 0.2) is 12.4 Å². The van der Waals surface area contributed by atoms with Gasteiger partial charge >= 0.3 is 0 Å². The van der Waals surface area contributed by atoms with E-state index in [1.165, 1.54) is 0 Å². The summed E-state index contributed by atoms with van der Waals surface area (Å²) in [4.78, 5) is 4.13. The predicted molar refractivity (Wildman–Crippen MR) is 43.1 cm³/mol. The summed E-state index contributed by atoms with van der Waals surface area (Å²) in [6.07, 6.45) is 3.28. The SMILES string of the molecule is CC(C)C(C)c1nccnn1. The van der Waals surface area contributed by atoms with Crippen LogP contribution in [0.2, 0.25) is 0 Å². The molecule has 3 heteroatoms. The van der Waals surface area contributed by atoms with Gasteiger partial charge in [-0.3, -0.25) is 0 Å². The van der Waals surface area contributed by atoms with Crippen molar-refractivity contribution in [3.05, 3.63) is 18.2 Å². The summed E-state index contributed by atoms with van der Waals surface area (Å²) in [5, 5.41) is 7.71. The molecule has 3 nitrogen and oxygen atoms in total. The van der Waals surface area contributed by atoms with Crippen molar-refractivity contribution in [2.24, 2.45) is 5.92 Å². The Morgan fingerprint density at radius 3 is 2.36 bits per heavy atom. The molecule has 0 aliphatic rings. The molecule has 11 heavy (non-hydrogen) atoms. The standard InChI is InChI=1S/C8H13N3/c1-6(2)7(3)8-9-4-5-10-11-8/h4-7H,1-3H3. The van der Waals surface area contributed by atoms with E-state index in [2.05, 4.69) is 36.0 Å². The van der Waals surface area contributed by atoms with Crippen molar-refractivity contribution in [1.82, 2.24) is 15.2 Å². The lowest BCUT2D eigenvalue weighted by Crippen LogP contribution is -2.07. The lowest BCUT2D eigenvalue weighted by Gasteiger charge is -2.11. The van der Waals surface area contributed by atoms with Gasteiger partial charge in [0.1, 0.15) is 0 Å². The average Bonchev–Trinajstić information content (AvgIpc) is 2.05. The monoisotopic (exact) mass is 151 g/mol. The van der Waals surface area contributed by atoms with Gasteiger partial charge in [-0.2, -0.15) is 5.10 Å². The molecule has 0 saturated heterocycles. The van der Waals surface area contributed by atoms with Gasteiger partial charge in [0, 0.05) is 12.1 Å². The van der Waals surface area contributed by atoms with E-state index >= 15 is 0 Å². The zero-order valence-corrected chi connectivity index (χ0v) is 7.15. The topological polar surface area (TPSA) is 38.7 Å². The Balaban J connectivity index is 2.77. The largest absolute Gasteiger partial charge is 0.237 e. The van der Waals surface area contributed by atoms with E-state index in [0.717, 1.165) is 5.82 Å². The minimum absolute atomic E-state index is 0.392. The third-order valence-corrected chi connectivity index (χ3v) is 1.91. The van der Waals surface area contributed by atoms with Gasteiger partial charge in [0.15, 0.2) is 5.82 Å². The fourth-order valence-corrected chi connectivity index (χ4v) is 0.765. The normalized spacial score (nSPS) is 13.5. The fourth-order valence-electron chi connectivity index (χ4n) is 0.765. The first-order valence-electron chi connectivity index (χ1n) is 3.85. The molecule has 1 atom stereocenters. The molecule has 0 aromatic carbocycles. The van der Waals surface area contributed by atoms with E-state index < -0.39 is 0 Å². The van der Waals surface area contributed by atoms with Crippen LogP contribution in [0.1, 0.15) is 32.5 Å². The van der Waals surface area contributed by atoms with Crippen LogP contribution in [-0.2, 0) is 0 Å². The van der Waals surface area contributed by atoms with Gasteiger partial charge in [-0.1, -0.05) is 20.8 Å². The summed E-state index contributed by atoms with van der Waals surface area (Å²) in [5.74, 6) is 1.80. The molecule has 1 rings (SSSR count). The Morgan fingerprint density at radius 1 is 1.18 bits per heavy atom. The summed E-state index contributed by atoms with van der Waals surface area (Å²) in [6.45, 7) is 6.42. The molecule has 0 aliphatic carbocycles. The quantitative estimate of drug-likeness (QED) is 0.644. The van der Waals surface area contributed by atoms with E-state index in [1.54, 1.807) is 12.4 Å². The third kappa shape index (κ3) is 1.97. The van der Waals surface area contributed by atoms with Crippen molar-refractivity contribution >= 4 is 0 Å². The van der Waals surface area contributed by atoms with Crippen LogP contribution in [0, 0.1) is 5.92 Å². The molecule has 0 spiro atoms. The molecule has 0 amide bonds. The van der Waals surface area contributed by atoms with Crippen molar-refractivity contribution in [3.63, 3.8) is 0 Å². The van der Waals surface area contributed by atoms with E-state index in [1.807, 2.05) is 0 Å². The van der Waals surface area contributed by atoms with Crippen molar-refractivity contribution in [2.75, 3.05) is 0 Å². The van der Waals surface area contributed by atoms with Crippen molar-refractivity contribution in [2.45, 2.75) is 26.7 Å². The number of rotatable bonds is 2. The molecule has 0 saturated carbocycles. The second-order valence-corrected chi connectivity index (χ2v) is 3.03. The highest BCUT2D eigenvalue weighted by atomic mass is 15.1. The predicted octanol–water partition coefficient (Wildman–Crippen LogP) is 1.63. The van der Waals surface area contributed by atoms with Crippen LogP contribution >= 0.6 is 0 Å². The maximum Gasteiger partial charge on any atom is 0.153 e. The van der Waals surface area contributed by atoms with Gasteiger partial charge in [0.05, 0.1) is 6.20 Å². The van der Waals surface area contributed by atoms with Crippen molar-refractivity contribution < 1.29 is 0 Å². The van der Waals surface area contributed by atoms with E-state index in [4.69, 9.17) is 0 Å². The minimum atomic E-state index is 0.392. The second kappa shape index (κ2) is 3.42. The van der Waals surface area contributed by atoms with E-state index in [0.29, 0.717) is 11.8 Å². The Morgan fingerprint density at radius 2 is 1.91 bits per heavy atom. The summed E-state index contributed by atoms with van der Waals surface area (Å²) < 4.78 is 0. The number of aromatic nitrogens is 3. The Kier molecular flexibility index (Phi) is 2.52. The van der Waals surface area contributed by atoms with Crippen LogP contribution in [0.5, 0.6) is 0 Å². The Hall–Kier alpha value is -0.990. The molecule has 60 valence electrons. The molecule has 0 bridgehead atoms. The zero-order valence-electron chi connectivity index (χ0n) is 7.15. The first-order valence-corrected chi connectivity index (χ1v) is 3.85. The highest BCUT2D eigenvalue weighted by molar-refractivity contribution is 4.91. The summed E-state index contributed by atoms with van der Waals surface area (Å²) in [7, 11) is 0. The summed E-state index contributed by atoms with van der Waals surface area (Å²) >= 11 is 0. The molecular weight excluding hydrogens is 138 g/mol. The smallest absolute Gasteiger partial charge is 0.153 e. The average molecular weight is 151 g/mol. The van der Waals surface area contributed by atoms with Crippen LogP contribution in [-0.4, -0.2) is 15.2 Å². The summed E-state index contributed by atoms with van der Waals surface area (Å²) in [5.41, 5.74) is 0. The van der Waals surface area contributed by atoms with Gasteiger partial charge in [-0.25, -0.2) is 4.98 Å². The maximum atomic E-state index is 4.13. The second-order valence-electron chi connectivity index (χ2n) is 3.03. The first-order chi connectivity index (χ1) is 5.22. The molecule has 1 aromatic rings. The molecule has 0 N–H and O–H groups in total. The molecule has 1 aromatic heterocycles. The van der Waals surface area contributed by atoms with Gasteiger partial charge in [-0.05, 0) is 5.92 Å². The first kappa shape index (κ1) is 8.11. The number of hydrogen-bond acceptors (Lipinski definition) is 3. The third-order valence-electron chi connectivity index (χ3n) is 1.91. The van der Waals surface area contributed by atoms with Crippen LogP contribution in [0.25, 0.3) is 0 Å². The maximum absolute atomic E-state index is 4.13. The van der Waals surface area contributed by atoms with Gasteiger partial charge in [0.25, 0.3) is 0 Å². The molecule has 1 unspecified atom stereocenters. The van der Waals surface area contributed by atoms with Gasteiger partial charge < -0.3 is 0 Å². The van der Waals surface area contributed by atoms with Gasteiger partial charge in [-0.15, -0.1) is 5.10 Å². The van der Waals surface area contributed by atoms with Crippen LogP contribution < -0.4 is 0 Å². The number of nitrogens with zero attached hydrogens (tertiary/aromatic N) is 3. The molecule has 1 heterocycles. The number of hydrogen-bond donors (Lipinski definition) is 0. The van der Waals surface area contributed by atoms with Crippen molar-refractivity contribution in [1.29, 1.82) is 0 Å². The molecule has 0 aliphatic heterocycles. The minimum Gasteiger partial charge on any atom is -0.237 e. The highest BCUT2D eigenvalue weighted by Crippen LogP contribution is 2.18. The molecule has 0 radical (unpaired) electrons. The van der Waals surface area contributed by atoms with Crippen LogP contribution in [0.3, 0.4) is 0 Å². The van der Waals surface area contributed by atoms with Crippen molar-refractivity contribution in [3.8, 4) is 0 Å². The molecule has 0 fully saturated rings. The highest BCUT2D eigenvalue weighted by Gasteiger charge is 2.11. The Labute approximate surface area is 66.9 Å². The van der Waals surface area contributed by atoms with Crippen LogP contribution in [0.4, 0.5) is 0 Å². The lowest BCUT2D eigenvalue weighted by atomic mass is 9.98. The van der Waals surface area contributed by atoms with E-state index in [-0.39, 0.29) is 0 Å². The molecular formula is C8H13N3. The summed E-state index contributed by atoms with van der Waals surface area (Å²) in [6, 6.07) is 0. The van der Waals surface area contributed by atoms with E-state index in [9.17, 15) is 0 Å². The lowest BCUT2D eigenvalue weighted by molar-refractivity contribution is 0.503. The fraction of sp³-hybridized carbons (Fsp3) is 0.625. The zero-order chi connectivity index (χ0) is 8.27. The van der Waals surface area contributed by atoms with Gasteiger partial charge in [0.2, 0.25) is 0 Å². The Bertz CT molecular complexity index is 208.